The van der Waals surface area contributed by atoms with Crippen molar-refractivity contribution in [2.75, 3.05) is 12.4 Å². The predicted octanol–water partition coefficient (Wildman–Crippen LogP) is 2.77. The van der Waals surface area contributed by atoms with Gasteiger partial charge in [0.1, 0.15) is 5.75 Å². The number of carbonyl (C=O) groups excluding carboxylic acids is 1. The van der Waals surface area contributed by atoms with Gasteiger partial charge in [0, 0.05) is 12.5 Å². The van der Waals surface area contributed by atoms with Crippen molar-refractivity contribution in [3.05, 3.63) is 23.8 Å². The molecule has 0 aliphatic carbocycles. The van der Waals surface area contributed by atoms with Crippen LogP contribution in [-0.2, 0) is 4.79 Å². The molecule has 0 aliphatic heterocycles. The van der Waals surface area contributed by atoms with Crippen molar-refractivity contribution in [3.63, 3.8) is 0 Å². The number of carboxylic acid groups (broad SMARTS) is 1. The van der Waals surface area contributed by atoms with E-state index in [0.29, 0.717) is 12.2 Å². The van der Waals surface area contributed by atoms with Gasteiger partial charge in [0.15, 0.2) is 0 Å². The van der Waals surface area contributed by atoms with Gasteiger partial charge in [-0.05, 0) is 17.5 Å². The zero-order valence-electron chi connectivity index (χ0n) is 11.6. The summed E-state index contributed by atoms with van der Waals surface area (Å²) >= 11 is 0. The van der Waals surface area contributed by atoms with Gasteiger partial charge in [-0.1, -0.05) is 20.8 Å². The molecule has 19 heavy (non-hydrogen) atoms. The summed E-state index contributed by atoms with van der Waals surface area (Å²) in [5, 5.41) is 11.7. The highest BCUT2D eigenvalue weighted by Gasteiger charge is 2.18. The third-order valence-electron chi connectivity index (χ3n) is 2.42. The molecule has 0 bridgehead atoms. The smallest absolute Gasteiger partial charge is 0.337 e. The number of aromatic carboxylic acids is 1. The average Bonchev–Trinajstić information content (AvgIpc) is 2.25. The number of carboxylic acids is 1. The minimum atomic E-state index is -1.09. The van der Waals surface area contributed by atoms with Crippen LogP contribution in [0.3, 0.4) is 0 Å². The van der Waals surface area contributed by atoms with Crippen LogP contribution in [0, 0.1) is 5.41 Å². The summed E-state index contributed by atoms with van der Waals surface area (Å²) in [7, 11) is 1.48. The Labute approximate surface area is 112 Å². The lowest BCUT2D eigenvalue weighted by Gasteiger charge is -2.18. The summed E-state index contributed by atoms with van der Waals surface area (Å²) in [5.74, 6) is -0.812. The molecule has 5 nitrogen and oxygen atoms in total. The van der Waals surface area contributed by atoms with Gasteiger partial charge in [0.05, 0.1) is 18.4 Å². The Morgan fingerprint density at radius 3 is 2.42 bits per heavy atom. The SMILES string of the molecule is COc1ccc(C(=O)O)c(NC(=O)CC(C)(C)C)c1. The van der Waals surface area contributed by atoms with Gasteiger partial charge in [0.2, 0.25) is 5.91 Å². The van der Waals surface area contributed by atoms with Gasteiger partial charge in [0.25, 0.3) is 0 Å². The standard InChI is InChI=1S/C14H19NO4/c1-14(2,3)8-12(16)15-11-7-9(19-4)5-6-10(11)13(17)18/h5-7H,8H2,1-4H3,(H,15,16)(H,17,18). The molecule has 0 fully saturated rings. The van der Waals surface area contributed by atoms with Crippen molar-refractivity contribution in [1.82, 2.24) is 0 Å². The summed E-state index contributed by atoms with van der Waals surface area (Å²) in [6.45, 7) is 5.82. The lowest BCUT2D eigenvalue weighted by atomic mass is 9.92. The molecular formula is C14H19NO4. The number of rotatable bonds is 4. The molecule has 0 spiro atoms. The molecule has 0 saturated carbocycles. The number of anilines is 1. The molecule has 104 valence electrons. The maximum absolute atomic E-state index is 11.9. The zero-order chi connectivity index (χ0) is 14.6. The minimum Gasteiger partial charge on any atom is -0.497 e. The number of ether oxygens (including phenoxy) is 1. The van der Waals surface area contributed by atoms with Gasteiger partial charge in [-0.3, -0.25) is 4.79 Å². The molecule has 5 heteroatoms. The summed E-state index contributed by atoms with van der Waals surface area (Å²) in [5.41, 5.74) is 0.135. The van der Waals surface area contributed by atoms with E-state index in [4.69, 9.17) is 9.84 Å². The normalized spacial score (nSPS) is 10.9. The predicted molar refractivity (Wildman–Crippen MR) is 72.7 cm³/mol. The summed E-state index contributed by atoms with van der Waals surface area (Å²) in [6.07, 6.45) is 0.309. The molecular weight excluding hydrogens is 246 g/mol. The van der Waals surface area contributed by atoms with Crippen molar-refractivity contribution in [1.29, 1.82) is 0 Å². The van der Waals surface area contributed by atoms with E-state index < -0.39 is 5.97 Å². The van der Waals surface area contributed by atoms with Gasteiger partial charge in [-0.25, -0.2) is 4.79 Å². The quantitative estimate of drug-likeness (QED) is 0.877. The van der Waals surface area contributed by atoms with Crippen LogP contribution in [0.25, 0.3) is 0 Å². The van der Waals surface area contributed by atoms with Crippen molar-refractivity contribution in [2.45, 2.75) is 27.2 Å². The fourth-order valence-electron chi connectivity index (χ4n) is 1.62. The third-order valence-corrected chi connectivity index (χ3v) is 2.42. The molecule has 0 saturated heterocycles. The molecule has 0 atom stereocenters. The van der Waals surface area contributed by atoms with Crippen LogP contribution < -0.4 is 10.1 Å². The fraction of sp³-hybridized carbons (Fsp3) is 0.429. The fourth-order valence-corrected chi connectivity index (χ4v) is 1.62. The van der Waals surface area contributed by atoms with E-state index in [0.717, 1.165) is 0 Å². The molecule has 1 rings (SSSR count). The molecule has 1 aromatic carbocycles. The average molecular weight is 265 g/mol. The van der Waals surface area contributed by atoms with E-state index in [1.165, 1.54) is 19.2 Å². The van der Waals surface area contributed by atoms with Crippen molar-refractivity contribution >= 4 is 17.6 Å². The number of hydrogen-bond acceptors (Lipinski definition) is 3. The van der Waals surface area contributed by atoms with Gasteiger partial charge in [-0.2, -0.15) is 0 Å². The maximum atomic E-state index is 11.9. The Bertz CT molecular complexity index is 489. The first-order valence-electron chi connectivity index (χ1n) is 5.94. The lowest BCUT2D eigenvalue weighted by Crippen LogP contribution is -2.21. The van der Waals surface area contributed by atoms with E-state index in [2.05, 4.69) is 5.32 Å². The Morgan fingerprint density at radius 1 is 1.32 bits per heavy atom. The molecule has 1 aromatic rings. The highest BCUT2D eigenvalue weighted by Crippen LogP contribution is 2.24. The summed E-state index contributed by atoms with van der Waals surface area (Å²) in [4.78, 5) is 23.0. The van der Waals surface area contributed by atoms with Crippen LogP contribution in [0.2, 0.25) is 0 Å². The minimum absolute atomic E-state index is 0.0445. The van der Waals surface area contributed by atoms with Gasteiger partial charge < -0.3 is 15.2 Å². The molecule has 0 unspecified atom stereocenters. The van der Waals surface area contributed by atoms with Gasteiger partial charge in [-0.15, -0.1) is 0 Å². The van der Waals surface area contributed by atoms with Crippen LogP contribution in [0.5, 0.6) is 5.75 Å². The Hall–Kier alpha value is -2.04. The highest BCUT2D eigenvalue weighted by atomic mass is 16.5. The van der Waals surface area contributed by atoms with Crippen LogP contribution in [0.1, 0.15) is 37.6 Å². The molecule has 0 heterocycles. The summed E-state index contributed by atoms with van der Waals surface area (Å²) < 4.78 is 5.03. The number of hydrogen-bond donors (Lipinski definition) is 2. The summed E-state index contributed by atoms with van der Waals surface area (Å²) in [6, 6.07) is 4.46. The Balaban J connectivity index is 2.98. The van der Waals surface area contributed by atoms with Crippen molar-refractivity contribution < 1.29 is 19.4 Å². The Morgan fingerprint density at radius 2 is 1.95 bits per heavy atom. The second-order valence-corrected chi connectivity index (χ2v) is 5.50. The Kier molecular flexibility index (Phi) is 4.53. The largest absolute Gasteiger partial charge is 0.497 e. The topological polar surface area (TPSA) is 75.6 Å². The van der Waals surface area contributed by atoms with E-state index >= 15 is 0 Å². The number of amides is 1. The molecule has 1 amide bonds. The van der Waals surface area contributed by atoms with E-state index in [-0.39, 0.29) is 22.6 Å². The number of carbonyl (C=O) groups is 2. The first-order valence-corrected chi connectivity index (χ1v) is 5.94. The van der Waals surface area contributed by atoms with Gasteiger partial charge >= 0.3 is 5.97 Å². The number of methoxy groups -OCH3 is 1. The first kappa shape index (κ1) is 15.0. The molecule has 0 aliphatic rings. The number of benzene rings is 1. The second kappa shape index (κ2) is 5.73. The zero-order valence-corrected chi connectivity index (χ0v) is 11.6. The van der Waals surface area contributed by atoms with Crippen LogP contribution >= 0.6 is 0 Å². The maximum Gasteiger partial charge on any atom is 0.337 e. The number of nitrogens with one attached hydrogen (secondary N) is 1. The van der Waals surface area contributed by atoms with Crippen molar-refractivity contribution in [3.8, 4) is 5.75 Å². The highest BCUT2D eigenvalue weighted by molar-refractivity contribution is 6.00. The molecule has 2 N–H and O–H groups in total. The third kappa shape index (κ3) is 4.62. The van der Waals surface area contributed by atoms with E-state index in [1.54, 1.807) is 6.07 Å². The van der Waals surface area contributed by atoms with Crippen LogP contribution in [0.15, 0.2) is 18.2 Å². The molecule has 0 radical (unpaired) electrons. The van der Waals surface area contributed by atoms with Crippen LogP contribution in [-0.4, -0.2) is 24.1 Å². The first-order chi connectivity index (χ1) is 8.73. The second-order valence-electron chi connectivity index (χ2n) is 5.50. The monoisotopic (exact) mass is 265 g/mol. The molecule has 0 aromatic heterocycles. The van der Waals surface area contributed by atoms with E-state index in [1.807, 2.05) is 20.8 Å². The lowest BCUT2D eigenvalue weighted by molar-refractivity contribution is -0.117. The van der Waals surface area contributed by atoms with Crippen molar-refractivity contribution in [2.24, 2.45) is 5.41 Å². The van der Waals surface area contributed by atoms with E-state index in [9.17, 15) is 9.59 Å². The van der Waals surface area contributed by atoms with Crippen LogP contribution in [0.4, 0.5) is 5.69 Å².